The molecule has 0 radical (unpaired) electrons. The highest BCUT2D eigenvalue weighted by Crippen LogP contribution is 2.26. The number of aromatic nitrogens is 5. The van der Waals surface area contributed by atoms with Crippen LogP contribution in [0, 0.1) is 0 Å². The topological polar surface area (TPSA) is 113 Å². The number of methoxy groups -OCH3 is 1. The number of alkyl carbamates (subject to hydrolysis) is 1. The molecule has 184 valence electrons. The lowest BCUT2D eigenvalue weighted by molar-refractivity contribution is 0.0540. The number of allylic oxidation sites excluding steroid dienone is 1. The molecule has 0 spiro atoms. The van der Waals surface area contributed by atoms with Gasteiger partial charge in [-0.2, -0.15) is 5.10 Å². The van der Waals surface area contributed by atoms with E-state index < -0.39 is 11.7 Å². The molecule has 10 nitrogen and oxygen atoms in total. The molecule has 0 aromatic carbocycles. The van der Waals surface area contributed by atoms with Gasteiger partial charge in [-0.15, -0.1) is 10.2 Å². The lowest BCUT2D eigenvalue weighted by atomic mass is 10.1. The van der Waals surface area contributed by atoms with Crippen molar-refractivity contribution in [1.82, 2.24) is 30.3 Å². The summed E-state index contributed by atoms with van der Waals surface area (Å²) in [5, 5.41) is 15.6. The number of nitrogens with zero attached hydrogens (tertiary/aromatic N) is 5. The van der Waals surface area contributed by atoms with Crippen molar-refractivity contribution < 1.29 is 19.0 Å². The molecular weight excluding hydrogens is 448 g/mol. The Kier molecular flexibility index (Phi) is 7.28. The molecule has 1 amide bonds. The summed E-state index contributed by atoms with van der Waals surface area (Å²) >= 11 is 0. The van der Waals surface area contributed by atoms with Gasteiger partial charge in [-0.1, -0.05) is 6.08 Å². The van der Waals surface area contributed by atoms with E-state index >= 15 is 0 Å². The maximum absolute atomic E-state index is 12.2. The molecule has 3 heterocycles. The number of carbonyl (C=O) groups excluding carboxylic acids is 1. The molecule has 4 rings (SSSR count). The highest BCUT2D eigenvalue weighted by molar-refractivity contribution is 5.70. The molecular formula is C25H30N6O4. The van der Waals surface area contributed by atoms with E-state index in [0.717, 1.165) is 30.6 Å². The lowest BCUT2D eigenvalue weighted by Gasteiger charge is -2.22. The first-order valence-corrected chi connectivity index (χ1v) is 11.6. The van der Waals surface area contributed by atoms with Crippen LogP contribution < -0.4 is 14.8 Å². The molecule has 0 fully saturated rings. The van der Waals surface area contributed by atoms with Crippen LogP contribution in [0.25, 0.3) is 17.1 Å². The fourth-order valence-corrected chi connectivity index (χ4v) is 3.69. The molecule has 3 aromatic heterocycles. The molecule has 35 heavy (non-hydrogen) atoms. The van der Waals surface area contributed by atoms with Crippen molar-refractivity contribution in [2.45, 2.75) is 58.2 Å². The zero-order valence-corrected chi connectivity index (χ0v) is 20.4. The molecule has 1 aliphatic rings. The summed E-state index contributed by atoms with van der Waals surface area (Å²) in [6.45, 7) is 5.51. The van der Waals surface area contributed by atoms with Gasteiger partial charge in [0.15, 0.2) is 0 Å². The summed E-state index contributed by atoms with van der Waals surface area (Å²) in [6.07, 6.45) is 8.14. The van der Waals surface area contributed by atoms with Gasteiger partial charge in [0, 0.05) is 30.6 Å². The molecule has 0 saturated carbocycles. The van der Waals surface area contributed by atoms with Crippen LogP contribution in [0.15, 0.2) is 54.5 Å². The average molecular weight is 479 g/mol. The largest absolute Gasteiger partial charge is 0.479 e. The number of hydrogen-bond donors (Lipinski definition) is 1. The summed E-state index contributed by atoms with van der Waals surface area (Å²) in [6, 6.07) is 9.13. The maximum atomic E-state index is 12.2. The standard InChI is InChI=1S/C25H30N6O4/c1-25(2,3)35-24(32)27-17-8-5-6-9-18(16-17)34-22-13-11-20(29-30-22)19-10-12-21(23(28-19)33-4)31-15-7-14-26-31/h7-8,10-15,18H,5-6,9,16H2,1-4H3,(H,27,32)/t18-/m0/s1. The van der Waals surface area contributed by atoms with Gasteiger partial charge in [0.05, 0.1) is 12.8 Å². The summed E-state index contributed by atoms with van der Waals surface area (Å²) in [5.41, 5.74) is 2.18. The van der Waals surface area contributed by atoms with Crippen LogP contribution in [0.3, 0.4) is 0 Å². The number of hydrogen-bond acceptors (Lipinski definition) is 8. The summed E-state index contributed by atoms with van der Waals surface area (Å²) in [4.78, 5) is 16.7. The molecule has 0 saturated heterocycles. The number of ether oxygens (including phenoxy) is 3. The number of nitrogens with one attached hydrogen (secondary N) is 1. The van der Waals surface area contributed by atoms with Gasteiger partial charge in [0.25, 0.3) is 0 Å². The zero-order chi connectivity index (χ0) is 24.8. The number of amides is 1. The highest BCUT2D eigenvalue weighted by Gasteiger charge is 2.21. The second kappa shape index (κ2) is 10.5. The van der Waals surface area contributed by atoms with E-state index in [4.69, 9.17) is 14.2 Å². The van der Waals surface area contributed by atoms with Crippen LogP contribution in [-0.2, 0) is 4.74 Å². The Labute approximate surface area is 204 Å². The Hall–Kier alpha value is -3.95. The van der Waals surface area contributed by atoms with Crippen LogP contribution in [-0.4, -0.2) is 49.9 Å². The molecule has 0 bridgehead atoms. The second-order valence-corrected chi connectivity index (χ2v) is 9.16. The number of carbonyl (C=O) groups is 1. The van der Waals surface area contributed by atoms with Gasteiger partial charge in [-0.3, -0.25) is 5.32 Å². The predicted molar refractivity (Wildman–Crippen MR) is 129 cm³/mol. The first-order valence-electron chi connectivity index (χ1n) is 11.6. The number of pyridine rings is 1. The fourth-order valence-electron chi connectivity index (χ4n) is 3.69. The van der Waals surface area contributed by atoms with Gasteiger partial charge in [-0.25, -0.2) is 14.5 Å². The molecule has 1 N–H and O–H groups in total. The van der Waals surface area contributed by atoms with Gasteiger partial charge >= 0.3 is 6.09 Å². The van der Waals surface area contributed by atoms with E-state index in [2.05, 4.69) is 25.6 Å². The first kappa shape index (κ1) is 24.2. The minimum absolute atomic E-state index is 0.134. The highest BCUT2D eigenvalue weighted by atomic mass is 16.6. The Morgan fingerprint density at radius 1 is 1.14 bits per heavy atom. The van der Waals surface area contributed by atoms with Crippen molar-refractivity contribution >= 4 is 6.09 Å². The van der Waals surface area contributed by atoms with Gasteiger partial charge in [0.2, 0.25) is 11.8 Å². The normalized spacial score (nSPS) is 16.1. The van der Waals surface area contributed by atoms with Gasteiger partial charge in [0.1, 0.15) is 23.1 Å². The van der Waals surface area contributed by atoms with Crippen molar-refractivity contribution in [2.75, 3.05) is 7.11 Å². The van der Waals surface area contributed by atoms with Gasteiger partial charge in [-0.05, 0) is 64.3 Å². The summed E-state index contributed by atoms with van der Waals surface area (Å²) < 4.78 is 18.6. The van der Waals surface area contributed by atoms with Crippen LogP contribution in [0.1, 0.15) is 46.5 Å². The second-order valence-electron chi connectivity index (χ2n) is 9.16. The van der Waals surface area contributed by atoms with E-state index in [1.54, 1.807) is 24.1 Å². The molecule has 0 unspecified atom stereocenters. The average Bonchev–Trinajstić information content (AvgIpc) is 3.26. The van der Waals surface area contributed by atoms with E-state index in [0.29, 0.717) is 29.6 Å². The molecule has 0 aliphatic heterocycles. The van der Waals surface area contributed by atoms with Gasteiger partial charge < -0.3 is 14.2 Å². The molecule has 1 atom stereocenters. The van der Waals surface area contributed by atoms with Crippen molar-refractivity contribution in [3.8, 4) is 28.8 Å². The minimum atomic E-state index is -0.555. The third-order valence-electron chi connectivity index (χ3n) is 5.20. The monoisotopic (exact) mass is 478 g/mol. The summed E-state index contributed by atoms with van der Waals surface area (Å²) in [7, 11) is 1.56. The van der Waals surface area contributed by atoms with Crippen molar-refractivity contribution in [3.63, 3.8) is 0 Å². The minimum Gasteiger partial charge on any atom is -0.479 e. The maximum Gasteiger partial charge on any atom is 0.411 e. The zero-order valence-electron chi connectivity index (χ0n) is 20.4. The molecule has 10 heteroatoms. The van der Waals surface area contributed by atoms with E-state index in [9.17, 15) is 4.79 Å². The first-order chi connectivity index (χ1) is 16.8. The number of rotatable bonds is 6. The fraction of sp³-hybridized carbons (Fsp3) is 0.400. The Bertz CT molecular complexity index is 1170. The Balaban J connectivity index is 1.41. The van der Waals surface area contributed by atoms with Crippen molar-refractivity contribution in [3.05, 3.63) is 54.5 Å². The third-order valence-corrected chi connectivity index (χ3v) is 5.20. The van der Waals surface area contributed by atoms with Crippen LogP contribution in [0.5, 0.6) is 11.8 Å². The predicted octanol–water partition coefficient (Wildman–Crippen LogP) is 4.46. The third kappa shape index (κ3) is 6.56. The van der Waals surface area contributed by atoms with E-state index in [-0.39, 0.29) is 6.10 Å². The van der Waals surface area contributed by atoms with E-state index in [1.165, 1.54) is 0 Å². The van der Waals surface area contributed by atoms with Crippen LogP contribution in [0.4, 0.5) is 4.79 Å². The molecule has 3 aromatic rings. The Morgan fingerprint density at radius 2 is 1.97 bits per heavy atom. The summed E-state index contributed by atoms with van der Waals surface area (Å²) in [5.74, 6) is 0.848. The van der Waals surface area contributed by atoms with E-state index in [1.807, 2.05) is 57.3 Å². The van der Waals surface area contributed by atoms with Crippen molar-refractivity contribution in [2.24, 2.45) is 0 Å². The lowest BCUT2D eigenvalue weighted by Crippen LogP contribution is -2.33. The van der Waals surface area contributed by atoms with Crippen LogP contribution in [0.2, 0.25) is 0 Å². The quantitative estimate of drug-likeness (QED) is 0.552. The molecule has 1 aliphatic carbocycles. The SMILES string of the molecule is COc1nc(-c2ccc(O[C@H]3CCCC=C(NC(=O)OC(C)(C)C)C3)nn2)ccc1-n1cccn1. The smallest absolute Gasteiger partial charge is 0.411 e. The van der Waals surface area contributed by atoms with Crippen molar-refractivity contribution in [1.29, 1.82) is 0 Å². The van der Waals surface area contributed by atoms with Crippen LogP contribution >= 0.6 is 0 Å². The Morgan fingerprint density at radius 3 is 2.66 bits per heavy atom.